The van der Waals surface area contributed by atoms with E-state index in [4.69, 9.17) is 0 Å². The van der Waals surface area contributed by atoms with Gasteiger partial charge in [0.1, 0.15) is 5.82 Å². The molecule has 0 atom stereocenters. The zero-order chi connectivity index (χ0) is 17.0. The molecule has 3 heterocycles. The van der Waals surface area contributed by atoms with E-state index < -0.39 is 0 Å². The maximum Gasteiger partial charge on any atom is 0.279 e. The van der Waals surface area contributed by atoms with E-state index in [1.807, 2.05) is 6.07 Å². The highest BCUT2D eigenvalue weighted by atomic mass is 35.5. The van der Waals surface area contributed by atoms with E-state index in [0.29, 0.717) is 18.8 Å². The van der Waals surface area contributed by atoms with Crippen LogP contribution >= 0.6 is 12.4 Å². The highest BCUT2D eigenvalue weighted by molar-refractivity contribution is 6.07. The molecule has 2 N–H and O–H groups in total. The summed E-state index contributed by atoms with van der Waals surface area (Å²) in [7, 11) is 0. The van der Waals surface area contributed by atoms with E-state index >= 15 is 0 Å². The minimum Gasteiger partial charge on any atom is -0.312 e. The number of anilines is 1. The lowest BCUT2D eigenvalue weighted by atomic mass is 9.80. The van der Waals surface area contributed by atoms with Crippen LogP contribution in [0.3, 0.4) is 0 Å². The third-order valence-corrected chi connectivity index (χ3v) is 6.09. The van der Waals surface area contributed by atoms with E-state index in [1.165, 1.54) is 6.07 Å². The summed E-state index contributed by atoms with van der Waals surface area (Å²) in [6, 6.07) is 5.10. The SMILES string of the molecule is Cl.O=C(c1n[nH]c2c1CNCC2)N1CC2(CCCC2)c2c(F)cccc21. The van der Waals surface area contributed by atoms with Gasteiger partial charge in [0.2, 0.25) is 0 Å². The number of H-pyrrole nitrogens is 1. The molecule has 1 fully saturated rings. The molecule has 0 saturated heterocycles. The first-order valence-corrected chi connectivity index (χ1v) is 9.07. The molecular formula is C19H22ClFN4O. The van der Waals surface area contributed by atoms with Crippen LogP contribution in [0.4, 0.5) is 10.1 Å². The van der Waals surface area contributed by atoms with Crippen LogP contribution in [0.2, 0.25) is 0 Å². The van der Waals surface area contributed by atoms with E-state index in [0.717, 1.165) is 61.2 Å². The van der Waals surface area contributed by atoms with Crippen molar-refractivity contribution in [3.8, 4) is 0 Å². The van der Waals surface area contributed by atoms with Crippen molar-refractivity contribution < 1.29 is 9.18 Å². The molecule has 2 aromatic rings. The lowest BCUT2D eigenvalue weighted by molar-refractivity contribution is 0.0979. The van der Waals surface area contributed by atoms with E-state index in [9.17, 15) is 9.18 Å². The fourth-order valence-electron chi connectivity index (χ4n) is 4.90. The molecule has 3 aliphatic rings. The average Bonchev–Trinajstić information content (AvgIpc) is 3.34. The number of carbonyl (C=O) groups excluding carboxylic acids is 1. The molecular weight excluding hydrogens is 355 g/mol. The second-order valence-corrected chi connectivity index (χ2v) is 7.47. The molecule has 1 saturated carbocycles. The Morgan fingerprint density at radius 2 is 2.08 bits per heavy atom. The molecule has 2 aliphatic heterocycles. The molecule has 1 aliphatic carbocycles. The Morgan fingerprint density at radius 3 is 2.88 bits per heavy atom. The Morgan fingerprint density at radius 1 is 1.27 bits per heavy atom. The molecule has 1 aromatic heterocycles. The highest BCUT2D eigenvalue weighted by Gasteiger charge is 2.48. The minimum atomic E-state index is -0.217. The monoisotopic (exact) mass is 376 g/mol. The van der Waals surface area contributed by atoms with Crippen molar-refractivity contribution in [2.24, 2.45) is 0 Å². The van der Waals surface area contributed by atoms with Crippen molar-refractivity contribution in [3.05, 3.63) is 46.5 Å². The number of nitrogens with one attached hydrogen (secondary N) is 2. The van der Waals surface area contributed by atoms with Crippen molar-refractivity contribution in [1.29, 1.82) is 0 Å². The number of benzene rings is 1. The number of nitrogens with zero attached hydrogens (tertiary/aromatic N) is 2. The number of aromatic amines is 1. The van der Waals surface area contributed by atoms with Crippen molar-refractivity contribution in [3.63, 3.8) is 0 Å². The maximum absolute atomic E-state index is 14.7. The van der Waals surface area contributed by atoms with E-state index in [2.05, 4.69) is 15.5 Å². The predicted molar refractivity (Wildman–Crippen MR) is 99.5 cm³/mol. The number of hydrogen-bond acceptors (Lipinski definition) is 3. The molecule has 1 aromatic carbocycles. The van der Waals surface area contributed by atoms with Crippen molar-refractivity contribution in [2.45, 2.75) is 44.1 Å². The van der Waals surface area contributed by atoms with Gasteiger partial charge in [0, 0.05) is 48.3 Å². The normalized spacial score (nSPS) is 20.0. The summed E-state index contributed by atoms with van der Waals surface area (Å²) in [6.07, 6.45) is 4.94. The molecule has 0 unspecified atom stereocenters. The molecule has 7 heteroatoms. The van der Waals surface area contributed by atoms with Gasteiger partial charge in [-0.1, -0.05) is 18.9 Å². The second kappa shape index (κ2) is 6.35. The van der Waals surface area contributed by atoms with Gasteiger partial charge in [-0.05, 0) is 25.0 Å². The quantitative estimate of drug-likeness (QED) is 0.804. The number of fused-ring (bicyclic) bond motifs is 3. The van der Waals surface area contributed by atoms with Crippen molar-refractivity contribution in [2.75, 3.05) is 18.0 Å². The lowest BCUT2D eigenvalue weighted by Gasteiger charge is -2.25. The molecule has 26 heavy (non-hydrogen) atoms. The number of rotatable bonds is 1. The van der Waals surface area contributed by atoms with Crippen LogP contribution in [0.25, 0.3) is 0 Å². The Kier molecular flexibility index (Phi) is 4.28. The van der Waals surface area contributed by atoms with Gasteiger partial charge in [-0.3, -0.25) is 9.89 Å². The Hall–Kier alpha value is -1.92. The van der Waals surface area contributed by atoms with Crippen LogP contribution in [-0.4, -0.2) is 29.2 Å². The topological polar surface area (TPSA) is 61.0 Å². The third kappa shape index (κ3) is 2.39. The fourth-order valence-corrected chi connectivity index (χ4v) is 4.90. The van der Waals surface area contributed by atoms with Crippen molar-refractivity contribution in [1.82, 2.24) is 15.5 Å². The summed E-state index contributed by atoms with van der Waals surface area (Å²) >= 11 is 0. The van der Waals surface area contributed by atoms with Gasteiger partial charge in [-0.2, -0.15) is 5.10 Å². The molecule has 1 spiro atoms. The van der Waals surface area contributed by atoms with Crippen LogP contribution in [0.5, 0.6) is 0 Å². The zero-order valence-electron chi connectivity index (χ0n) is 14.5. The Balaban J connectivity index is 0.00000168. The van der Waals surface area contributed by atoms with Gasteiger partial charge in [0.05, 0.1) is 5.69 Å². The number of amides is 1. The number of aromatic nitrogens is 2. The standard InChI is InChI=1S/C19H21FN4O.ClH/c20-13-4-3-5-15-16(13)19(7-1-2-8-19)11-24(15)18(25)17-12-10-21-9-6-14(12)22-23-17;/h3-5,21H,1-2,6-11H2,(H,22,23);1H. The van der Waals surface area contributed by atoms with Gasteiger partial charge in [0.15, 0.2) is 5.69 Å². The van der Waals surface area contributed by atoms with Crippen LogP contribution in [0.15, 0.2) is 18.2 Å². The van der Waals surface area contributed by atoms with Crippen molar-refractivity contribution >= 4 is 24.0 Å². The summed E-state index contributed by atoms with van der Waals surface area (Å²) in [5.41, 5.74) is 3.73. The lowest BCUT2D eigenvalue weighted by Crippen LogP contribution is -2.36. The molecule has 138 valence electrons. The van der Waals surface area contributed by atoms with Crippen LogP contribution in [0, 0.1) is 5.82 Å². The Bertz CT molecular complexity index is 859. The predicted octanol–water partition coefficient (Wildman–Crippen LogP) is 3.09. The average molecular weight is 377 g/mol. The zero-order valence-corrected chi connectivity index (χ0v) is 15.3. The minimum absolute atomic E-state index is 0. The maximum atomic E-state index is 14.7. The first-order chi connectivity index (χ1) is 12.2. The highest BCUT2D eigenvalue weighted by Crippen LogP contribution is 2.51. The van der Waals surface area contributed by atoms with E-state index in [-0.39, 0.29) is 29.5 Å². The third-order valence-electron chi connectivity index (χ3n) is 6.09. The smallest absolute Gasteiger partial charge is 0.279 e. The number of carbonyl (C=O) groups is 1. The molecule has 0 bridgehead atoms. The molecule has 1 amide bonds. The largest absolute Gasteiger partial charge is 0.312 e. The second-order valence-electron chi connectivity index (χ2n) is 7.47. The summed E-state index contributed by atoms with van der Waals surface area (Å²) in [5.74, 6) is -0.294. The van der Waals surface area contributed by atoms with Gasteiger partial charge in [-0.15, -0.1) is 12.4 Å². The first-order valence-electron chi connectivity index (χ1n) is 9.07. The molecule has 5 nitrogen and oxygen atoms in total. The summed E-state index contributed by atoms with van der Waals surface area (Å²) in [5, 5.41) is 10.6. The fraction of sp³-hybridized carbons (Fsp3) is 0.474. The first kappa shape index (κ1) is 17.5. The number of halogens is 2. The Labute approximate surface area is 157 Å². The number of hydrogen-bond donors (Lipinski definition) is 2. The van der Waals surface area contributed by atoms with Gasteiger partial charge in [0.25, 0.3) is 5.91 Å². The van der Waals surface area contributed by atoms with Gasteiger partial charge < -0.3 is 10.2 Å². The summed E-state index contributed by atoms with van der Waals surface area (Å²) < 4.78 is 14.7. The van der Waals surface area contributed by atoms with Crippen LogP contribution in [0.1, 0.15) is 53.0 Å². The summed E-state index contributed by atoms with van der Waals surface area (Å²) in [6.45, 7) is 2.11. The van der Waals surface area contributed by atoms with E-state index in [1.54, 1.807) is 11.0 Å². The molecule has 5 rings (SSSR count). The summed E-state index contributed by atoms with van der Waals surface area (Å²) in [4.78, 5) is 15.0. The van der Waals surface area contributed by atoms with Gasteiger partial charge in [-0.25, -0.2) is 4.39 Å². The van der Waals surface area contributed by atoms with Crippen LogP contribution < -0.4 is 10.2 Å². The van der Waals surface area contributed by atoms with Crippen LogP contribution in [-0.2, 0) is 18.4 Å². The molecule has 0 radical (unpaired) electrons. The van der Waals surface area contributed by atoms with Gasteiger partial charge >= 0.3 is 0 Å².